The van der Waals surface area contributed by atoms with Gasteiger partial charge in [-0.3, -0.25) is 4.79 Å². The summed E-state index contributed by atoms with van der Waals surface area (Å²) in [6, 6.07) is 16.6. The molecular weight excluding hydrogens is 398 g/mol. The molecule has 8 heteroatoms. The van der Waals surface area contributed by atoms with E-state index in [2.05, 4.69) is 10.4 Å². The molecule has 0 fully saturated rings. The van der Waals surface area contributed by atoms with Crippen molar-refractivity contribution >= 4 is 40.9 Å². The Bertz CT molecular complexity index is 1010. The van der Waals surface area contributed by atoms with E-state index in [9.17, 15) is 9.59 Å². The van der Waals surface area contributed by atoms with E-state index in [1.54, 1.807) is 24.8 Å². The van der Waals surface area contributed by atoms with Gasteiger partial charge in [0.05, 0.1) is 11.4 Å². The van der Waals surface area contributed by atoms with Gasteiger partial charge in [0.15, 0.2) is 6.61 Å². The number of aryl methyl sites for hydroxylation is 1. The Morgan fingerprint density at radius 1 is 1.18 bits per heavy atom. The molecule has 0 saturated heterocycles. The molecule has 0 aliphatic rings. The number of halogens is 1. The number of carbonyl (C=O) groups is 2. The van der Waals surface area contributed by atoms with Crippen LogP contribution in [0.4, 0.5) is 5.69 Å². The van der Waals surface area contributed by atoms with Crippen molar-refractivity contribution in [3.63, 3.8) is 0 Å². The number of anilines is 1. The average Bonchev–Trinajstić information content (AvgIpc) is 3.01. The topological polar surface area (TPSA) is 73.2 Å². The second kappa shape index (κ2) is 8.95. The molecule has 0 aliphatic carbocycles. The second-order valence-electron chi connectivity index (χ2n) is 5.85. The first-order chi connectivity index (χ1) is 13.5. The number of esters is 1. The predicted molar refractivity (Wildman–Crippen MR) is 110 cm³/mol. The van der Waals surface area contributed by atoms with Gasteiger partial charge in [-0.15, -0.1) is 11.8 Å². The number of nitrogens with zero attached hydrogens (tertiary/aromatic N) is 2. The maximum atomic E-state index is 12.4. The fourth-order valence-corrected chi connectivity index (χ4v) is 3.38. The zero-order valence-electron chi connectivity index (χ0n) is 15.3. The Kier molecular flexibility index (Phi) is 6.38. The lowest BCUT2D eigenvalue weighted by Crippen LogP contribution is -2.21. The largest absolute Gasteiger partial charge is 0.452 e. The lowest BCUT2D eigenvalue weighted by atomic mass is 10.2. The Morgan fingerprint density at radius 2 is 1.93 bits per heavy atom. The van der Waals surface area contributed by atoms with E-state index < -0.39 is 18.5 Å². The van der Waals surface area contributed by atoms with Crippen molar-refractivity contribution in [2.75, 3.05) is 18.2 Å². The van der Waals surface area contributed by atoms with E-state index in [-0.39, 0.29) is 10.7 Å². The summed E-state index contributed by atoms with van der Waals surface area (Å²) in [5.74, 6) is -1.13. The van der Waals surface area contributed by atoms with Crippen molar-refractivity contribution in [3.8, 4) is 5.69 Å². The van der Waals surface area contributed by atoms with E-state index in [4.69, 9.17) is 16.3 Å². The Hall–Kier alpha value is -2.77. The second-order valence-corrected chi connectivity index (χ2v) is 7.09. The molecule has 0 unspecified atom stereocenters. The molecule has 2 aromatic carbocycles. The molecule has 0 spiro atoms. The SMILES string of the molecule is CSc1cccc(NC(=O)COC(=O)c2c(C)nn(-c3ccccc3)c2Cl)c1. The number of rotatable bonds is 6. The van der Waals surface area contributed by atoms with Crippen molar-refractivity contribution < 1.29 is 14.3 Å². The van der Waals surface area contributed by atoms with Gasteiger partial charge in [-0.25, -0.2) is 9.48 Å². The fraction of sp³-hybridized carbons (Fsp3) is 0.150. The van der Waals surface area contributed by atoms with E-state index in [0.717, 1.165) is 10.6 Å². The first-order valence-electron chi connectivity index (χ1n) is 8.41. The van der Waals surface area contributed by atoms with Crippen LogP contribution in [0.1, 0.15) is 16.1 Å². The summed E-state index contributed by atoms with van der Waals surface area (Å²) in [4.78, 5) is 25.6. The van der Waals surface area contributed by atoms with Crippen molar-refractivity contribution in [2.24, 2.45) is 0 Å². The van der Waals surface area contributed by atoms with Gasteiger partial charge in [0.1, 0.15) is 10.7 Å². The smallest absolute Gasteiger partial charge is 0.343 e. The summed E-state index contributed by atoms with van der Waals surface area (Å²) in [7, 11) is 0. The summed E-state index contributed by atoms with van der Waals surface area (Å²) in [5, 5.41) is 7.14. The van der Waals surface area contributed by atoms with Gasteiger partial charge in [0.25, 0.3) is 5.91 Å². The van der Waals surface area contributed by atoms with E-state index in [0.29, 0.717) is 11.4 Å². The first-order valence-corrected chi connectivity index (χ1v) is 10.0. The van der Waals surface area contributed by atoms with E-state index in [1.807, 2.05) is 54.8 Å². The minimum Gasteiger partial charge on any atom is -0.452 e. The average molecular weight is 416 g/mol. The Balaban J connectivity index is 1.66. The molecular formula is C20H18ClN3O3S. The van der Waals surface area contributed by atoms with E-state index in [1.165, 1.54) is 4.68 Å². The van der Waals surface area contributed by atoms with Gasteiger partial charge in [0.2, 0.25) is 0 Å². The van der Waals surface area contributed by atoms with Crippen LogP contribution in [0, 0.1) is 6.92 Å². The number of ether oxygens (including phenoxy) is 1. The molecule has 144 valence electrons. The number of aromatic nitrogens is 2. The third-order valence-corrected chi connectivity index (χ3v) is 4.97. The minimum absolute atomic E-state index is 0.141. The maximum Gasteiger partial charge on any atom is 0.343 e. The number of hydrogen-bond acceptors (Lipinski definition) is 5. The van der Waals surface area contributed by atoms with Gasteiger partial charge in [-0.05, 0) is 43.5 Å². The lowest BCUT2D eigenvalue weighted by molar-refractivity contribution is -0.119. The summed E-state index contributed by atoms with van der Waals surface area (Å²) in [6.07, 6.45) is 1.95. The molecule has 1 N–H and O–H groups in total. The van der Waals surface area contributed by atoms with Gasteiger partial charge in [-0.1, -0.05) is 35.9 Å². The number of amides is 1. The number of carbonyl (C=O) groups excluding carboxylic acids is 2. The van der Waals surface area contributed by atoms with Crippen molar-refractivity contribution in [1.82, 2.24) is 9.78 Å². The number of para-hydroxylation sites is 1. The molecule has 1 aromatic heterocycles. The van der Waals surface area contributed by atoms with Gasteiger partial charge < -0.3 is 10.1 Å². The van der Waals surface area contributed by atoms with Crippen LogP contribution in [-0.2, 0) is 9.53 Å². The monoisotopic (exact) mass is 415 g/mol. The van der Waals surface area contributed by atoms with Crippen LogP contribution in [-0.4, -0.2) is 34.5 Å². The molecule has 0 saturated carbocycles. The highest BCUT2D eigenvalue weighted by Crippen LogP contribution is 2.24. The minimum atomic E-state index is -0.697. The van der Waals surface area contributed by atoms with Crippen LogP contribution in [0.3, 0.4) is 0 Å². The maximum absolute atomic E-state index is 12.4. The first kappa shape index (κ1) is 20.0. The number of nitrogens with one attached hydrogen (secondary N) is 1. The zero-order valence-corrected chi connectivity index (χ0v) is 16.9. The molecule has 0 radical (unpaired) electrons. The fourth-order valence-electron chi connectivity index (χ4n) is 2.57. The third-order valence-electron chi connectivity index (χ3n) is 3.90. The zero-order chi connectivity index (χ0) is 20.1. The molecule has 1 amide bonds. The van der Waals surface area contributed by atoms with Crippen LogP contribution >= 0.6 is 23.4 Å². The molecule has 0 atom stereocenters. The predicted octanol–water partition coefficient (Wildman–Crippen LogP) is 4.35. The highest BCUT2D eigenvalue weighted by atomic mass is 35.5. The molecule has 6 nitrogen and oxygen atoms in total. The number of benzene rings is 2. The van der Waals surface area contributed by atoms with Crippen LogP contribution in [0.2, 0.25) is 5.15 Å². The summed E-state index contributed by atoms with van der Waals surface area (Å²) in [5.41, 5.74) is 1.93. The Morgan fingerprint density at radius 3 is 2.64 bits per heavy atom. The van der Waals surface area contributed by atoms with Crippen LogP contribution in [0.15, 0.2) is 59.5 Å². The van der Waals surface area contributed by atoms with Crippen molar-refractivity contribution in [1.29, 1.82) is 0 Å². The van der Waals surface area contributed by atoms with Crippen LogP contribution in [0.25, 0.3) is 5.69 Å². The summed E-state index contributed by atoms with van der Waals surface area (Å²) in [6.45, 7) is 1.24. The number of thioether (sulfide) groups is 1. The summed E-state index contributed by atoms with van der Waals surface area (Å²) >= 11 is 7.90. The van der Waals surface area contributed by atoms with Crippen LogP contribution < -0.4 is 5.32 Å². The van der Waals surface area contributed by atoms with Gasteiger partial charge >= 0.3 is 5.97 Å². The van der Waals surface area contributed by atoms with Crippen molar-refractivity contribution in [3.05, 3.63) is 71.0 Å². The number of hydrogen-bond donors (Lipinski definition) is 1. The lowest BCUT2D eigenvalue weighted by Gasteiger charge is -2.08. The van der Waals surface area contributed by atoms with E-state index >= 15 is 0 Å². The molecule has 3 aromatic rings. The van der Waals surface area contributed by atoms with Crippen molar-refractivity contribution in [2.45, 2.75) is 11.8 Å². The van der Waals surface area contributed by atoms with Gasteiger partial charge in [-0.2, -0.15) is 5.10 Å². The molecule has 1 heterocycles. The van der Waals surface area contributed by atoms with Gasteiger partial charge in [0, 0.05) is 10.6 Å². The normalized spacial score (nSPS) is 10.5. The highest BCUT2D eigenvalue weighted by Gasteiger charge is 2.23. The molecule has 0 aliphatic heterocycles. The summed E-state index contributed by atoms with van der Waals surface area (Å²) < 4.78 is 6.60. The highest BCUT2D eigenvalue weighted by molar-refractivity contribution is 7.98. The molecule has 0 bridgehead atoms. The standard InChI is InChI=1S/C20H18ClN3O3S/c1-13-18(19(21)24(23-13)15-8-4-3-5-9-15)20(26)27-12-17(25)22-14-7-6-10-16(11-14)28-2/h3-11H,12H2,1-2H3,(H,22,25). The third kappa shape index (κ3) is 4.55. The molecule has 28 heavy (non-hydrogen) atoms. The molecule has 3 rings (SSSR count). The van der Waals surface area contributed by atoms with Crippen LogP contribution in [0.5, 0.6) is 0 Å². The Labute approximate surface area is 171 Å². The quantitative estimate of drug-likeness (QED) is 0.478.